The lowest BCUT2D eigenvalue weighted by Gasteiger charge is -2.43. The molecule has 2 aliphatic heterocycles. The lowest BCUT2D eigenvalue weighted by molar-refractivity contribution is -0.122. The summed E-state index contributed by atoms with van der Waals surface area (Å²) < 4.78 is 0. The number of nitrogens with zero attached hydrogens (tertiary/aromatic N) is 2. The summed E-state index contributed by atoms with van der Waals surface area (Å²) >= 11 is 0. The van der Waals surface area contributed by atoms with Crippen molar-refractivity contribution < 1.29 is 14.4 Å². The molecular formula is C28H31N3O3. The zero-order valence-corrected chi connectivity index (χ0v) is 20.9. The second-order valence-corrected chi connectivity index (χ2v) is 9.63. The van der Waals surface area contributed by atoms with Crippen LogP contribution in [-0.4, -0.2) is 29.9 Å². The molecule has 2 heterocycles. The van der Waals surface area contributed by atoms with Crippen molar-refractivity contribution in [1.29, 1.82) is 0 Å². The molecule has 1 fully saturated rings. The van der Waals surface area contributed by atoms with E-state index >= 15 is 0 Å². The molecule has 0 spiro atoms. The zero-order chi connectivity index (χ0) is 24.9. The highest BCUT2D eigenvalue weighted by molar-refractivity contribution is 6.39. The minimum atomic E-state index is -0.734. The molecule has 4 amide bonds. The summed E-state index contributed by atoms with van der Waals surface area (Å²) in [6.45, 7) is 15.2. The average molecular weight is 458 g/mol. The van der Waals surface area contributed by atoms with E-state index < -0.39 is 17.8 Å². The maximum absolute atomic E-state index is 13.4. The van der Waals surface area contributed by atoms with Crippen LogP contribution in [0.25, 0.3) is 11.6 Å². The number of likely N-dealkylation sites (N-methyl/N-ethyl adjacent to an activating group) is 1. The highest BCUT2D eigenvalue weighted by atomic mass is 16.2. The van der Waals surface area contributed by atoms with Gasteiger partial charge in [0.2, 0.25) is 0 Å². The van der Waals surface area contributed by atoms with E-state index in [0.29, 0.717) is 5.69 Å². The summed E-state index contributed by atoms with van der Waals surface area (Å²) in [6.07, 6.45) is 3.84. The van der Waals surface area contributed by atoms with Crippen LogP contribution in [0, 0.1) is 20.8 Å². The Morgan fingerprint density at radius 1 is 0.971 bits per heavy atom. The molecule has 6 heteroatoms. The lowest BCUT2D eigenvalue weighted by Crippen LogP contribution is -2.54. The van der Waals surface area contributed by atoms with Crippen molar-refractivity contribution in [3.05, 3.63) is 69.8 Å². The van der Waals surface area contributed by atoms with Crippen LogP contribution >= 0.6 is 0 Å². The van der Waals surface area contributed by atoms with Gasteiger partial charge in [0.15, 0.2) is 0 Å². The van der Waals surface area contributed by atoms with Crippen LogP contribution in [0.15, 0.2) is 42.0 Å². The normalized spacial score (nSPS) is 18.7. The number of carbonyl (C=O) groups excluding carboxylic acids is 3. The van der Waals surface area contributed by atoms with E-state index in [1.165, 1.54) is 0 Å². The van der Waals surface area contributed by atoms with E-state index in [-0.39, 0.29) is 11.1 Å². The monoisotopic (exact) mass is 457 g/mol. The SMILES string of the molecule is CCN1c2cc(C)c(/C=C3\C(=O)NC(=O)N(c4cccc(C)c4C)C3=O)cc2C(C)=CC1(C)C. The van der Waals surface area contributed by atoms with E-state index in [9.17, 15) is 14.4 Å². The van der Waals surface area contributed by atoms with Crippen LogP contribution < -0.4 is 15.1 Å². The van der Waals surface area contributed by atoms with Crippen LogP contribution in [0.3, 0.4) is 0 Å². The zero-order valence-electron chi connectivity index (χ0n) is 20.9. The summed E-state index contributed by atoms with van der Waals surface area (Å²) in [6, 6.07) is 8.83. The van der Waals surface area contributed by atoms with Crippen molar-refractivity contribution in [2.75, 3.05) is 16.3 Å². The number of aryl methyl sites for hydroxylation is 2. The number of rotatable bonds is 3. The number of barbiturate groups is 1. The van der Waals surface area contributed by atoms with Gasteiger partial charge >= 0.3 is 6.03 Å². The van der Waals surface area contributed by atoms with Gasteiger partial charge in [0.05, 0.1) is 11.2 Å². The molecule has 176 valence electrons. The molecule has 0 saturated carbocycles. The molecule has 4 rings (SSSR count). The Hall–Kier alpha value is -3.67. The van der Waals surface area contributed by atoms with E-state index in [0.717, 1.165) is 50.5 Å². The molecule has 34 heavy (non-hydrogen) atoms. The first kappa shape index (κ1) is 23.5. The highest BCUT2D eigenvalue weighted by Gasteiger charge is 2.38. The minimum absolute atomic E-state index is 0.0614. The largest absolute Gasteiger partial charge is 0.363 e. The predicted molar refractivity (Wildman–Crippen MR) is 137 cm³/mol. The summed E-state index contributed by atoms with van der Waals surface area (Å²) in [5, 5.41) is 2.33. The third kappa shape index (κ3) is 3.73. The maximum Gasteiger partial charge on any atom is 0.335 e. The first-order valence-corrected chi connectivity index (χ1v) is 11.6. The van der Waals surface area contributed by atoms with Gasteiger partial charge in [-0.2, -0.15) is 0 Å². The van der Waals surface area contributed by atoms with Crippen molar-refractivity contribution >= 4 is 40.9 Å². The second kappa shape index (κ2) is 8.28. The standard InChI is InChI=1S/C28H31N3O3/c1-8-30-24-12-17(3)20(13-21(24)18(4)15-28(30,6)7)14-22-25(32)29-27(34)31(26(22)33)23-11-9-10-16(2)19(23)5/h9-15H,8H2,1-7H3,(H,29,32,34)/b22-14+. The number of nitrogens with one attached hydrogen (secondary N) is 1. The van der Waals surface area contributed by atoms with Gasteiger partial charge in [-0.05, 0) is 101 Å². The Balaban J connectivity index is 1.82. The molecule has 6 nitrogen and oxygen atoms in total. The highest BCUT2D eigenvalue weighted by Crippen LogP contribution is 2.40. The van der Waals surface area contributed by atoms with Crippen molar-refractivity contribution in [2.24, 2.45) is 0 Å². The number of amides is 4. The molecule has 0 atom stereocenters. The summed E-state index contributed by atoms with van der Waals surface area (Å²) in [5.74, 6) is -1.31. The number of urea groups is 1. The maximum atomic E-state index is 13.4. The number of allylic oxidation sites excluding steroid dienone is 1. The Labute approximate surface area is 200 Å². The summed E-state index contributed by atoms with van der Waals surface area (Å²) in [4.78, 5) is 42.2. The Morgan fingerprint density at radius 3 is 2.35 bits per heavy atom. The fraction of sp³-hybridized carbons (Fsp3) is 0.321. The van der Waals surface area contributed by atoms with Gasteiger partial charge in [-0.3, -0.25) is 14.9 Å². The molecule has 0 aromatic heterocycles. The Kier molecular flexibility index (Phi) is 5.72. The number of hydrogen-bond donors (Lipinski definition) is 1. The van der Waals surface area contributed by atoms with Crippen LogP contribution in [0.1, 0.15) is 55.5 Å². The van der Waals surface area contributed by atoms with Crippen molar-refractivity contribution in [3.63, 3.8) is 0 Å². The number of anilines is 2. The molecule has 0 unspecified atom stereocenters. The number of benzene rings is 2. The number of fused-ring (bicyclic) bond motifs is 1. The van der Waals surface area contributed by atoms with Gasteiger partial charge in [0.1, 0.15) is 5.57 Å². The van der Waals surface area contributed by atoms with E-state index in [2.05, 4.69) is 50.1 Å². The van der Waals surface area contributed by atoms with Crippen LogP contribution in [0.4, 0.5) is 16.2 Å². The molecule has 1 saturated heterocycles. The molecule has 0 radical (unpaired) electrons. The van der Waals surface area contributed by atoms with Gasteiger partial charge in [0.25, 0.3) is 11.8 Å². The van der Waals surface area contributed by atoms with Gasteiger partial charge in [-0.15, -0.1) is 0 Å². The van der Waals surface area contributed by atoms with Crippen molar-refractivity contribution in [2.45, 2.75) is 54.0 Å². The quantitative estimate of drug-likeness (QED) is 0.502. The minimum Gasteiger partial charge on any atom is -0.363 e. The molecule has 0 aliphatic carbocycles. The first-order valence-electron chi connectivity index (χ1n) is 11.6. The molecular weight excluding hydrogens is 426 g/mol. The van der Waals surface area contributed by atoms with Gasteiger partial charge in [-0.25, -0.2) is 9.69 Å². The molecule has 2 aliphatic rings. The third-order valence-corrected chi connectivity index (χ3v) is 6.90. The van der Waals surface area contributed by atoms with Crippen LogP contribution in [-0.2, 0) is 9.59 Å². The predicted octanol–water partition coefficient (Wildman–Crippen LogP) is 5.30. The summed E-state index contributed by atoms with van der Waals surface area (Å²) in [7, 11) is 0. The van der Waals surface area contributed by atoms with E-state index in [4.69, 9.17) is 0 Å². The van der Waals surface area contributed by atoms with Crippen molar-refractivity contribution in [3.8, 4) is 0 Å². The average Bonchev–Trinajstić information content (AvgIpc) is 2.74. The number of imide groups is 2. The molecule has 2 aromatic rings. The second-order valence-electron chi connectivity index (χ2n) is 9.63. The lowest BCUT2D eigenvalue weighted by atomic mass is 9.86. The third-order valence-electron chi connectivity index (χ3n) is 6.90. The van der Waals surface area contributed by atoms with Gasteiger partial charge in [-0.1, -0.05) is 18.2 Å². The molecule has 2 aromatic carbocycles. The van der Waals surface area contributed by atoms with E-state index in [1.807, 2.05) is 32.9 Å². The number of hydrogen-bond acceptors (Lipinski definition) is 4. The summed E-state index contributed by atoms with van der Waals surface area (Å²) in [5.41, 5.74) is 7.16. The Morgan fingerprint density at radius 2 is 1.68 bits per heavy atom. The smallest absolute Gasteiger partial charge is 0.335 e. The molecule has 1 N–H and O–H groups in total. The van der Waals surface area contributed by atoms with Gasteiger partial charge < -0.3 is 4.90 Å². The van der Waals surface area contributed by atoms with Crippen LogP contribution in [0.5, 0.6) is 0 Å². The van der Waals surface area contributed by atoms with Crippen LogP contribution in [0.2, 0.25) is 0 Å². The topological polar surface area (TPSA) is 69.7 Å². The number of carbonyl (C=O) groups is 3. The van der Waals surface area contributed by atoms with Crippen molar-refractivity contribution in [1.82, 2.24) is 5.32 Å². The first-order chi connectivity index (χ1) is 16.0. The fourth-order valence-electron chi connectivity index (χ4n) is 4.99. The fourth-order valence-corrected chi connectivity index (χ4v) is 4.99. The van der Waals surface area contributed by atoms with E-state index in [1.54, 1.807) is 18.2 Å². The Bertz CT molecular complexity index is 1300. The molecule has 0 bridgehead atoms. The van der Waals surface area contributed by atoms with Gasteiger partial charge in [0, 0.05) is 17.8 Å².